The second-order valence-corrected chi connectivity index (χ2v) is 7.57. The zero-order valence-electron chi connectivity index (χ0n) is 15.1. The van der Waals surface area contributed by atoms with Crippen LogP contribution in [-0.4, -0.2) is 26.8 Å². The summed E-state index contributed by atoms with van der Waals surface area (Å²) in [5.74, 6) is -2.05. The van der Waals surface area contributed by atoms with E-state index in [1.54, 1.807) is 41.8 Å². The van der Waals surface area contributed by atoms with Gasteiger partial charge in [0.25, 0.3) is 5.91 Å². The monoisotopic (exact) mass is 409 g/mol. The summed E-state index contributed by atoms with van der Waals surface area (Å²) in [5.41, 5.74) is 1.22. The molecule has 0 saturated carbocycles. The maximum absolute atomic E-state index is 13.2. The molecule has 1 aromatic heterocycles. The van der Waals surface area contributed by atoms with Crippen LogP contribution >= 0.6 is 11.3 Å². The molecule has 1 aliphatic heterocycles. The average Bonchev–Trinajstić information content (AvgIpc) is 3.33. The number of carbonyl (C=O) groups excluding carboxylic acids is 2. The average molecular weight is 409 g/mol. The molecule has 0 saturated heterocycles. The largest absolute Gasteiger partial charge is 0.508 e. The van der Waals surface area contributed by atoms with Crippen molar-refractivity contribution in [2.24, 2.45) is 0 Å². The Morgan fingerprint density at radius 1 is 1.03 bits per heavy atom. The minimum atomic E-state index is -0.831. The lowest BCUT2D eigenvalue weighted by molar-refractivity contribution is -0.130. The number of aromatic hydroxyl groups is 1. The quantitative estimate of drug-likeness (QED) is 0.614. The van der Waals surface area contributed by atoms with Crippen LogP contribution in [0.3, 0.4) is 0 Å². The number of nitrogens with zero attached hydrogens (tertiary/aromatic N) is 1. The Bertz CT molecular complexity index is 1090. The Morgan fingerprint density at radius 3 is 2.34 bits per heavy atom. The first kappa shape index (κ1) is 18.9. The molecule has 146 valence electrons. The van der Waals surface area contributed by atoms with Gasteiger partial charge in [-0.05, 0) is 46.8 Å². The van der Waals surface area contributed by atoms with Crippen molar-refractivity contribution < 1.29 is 24.2 Å². The van der Waals surface area contributed by atoms with E-state index < -0.39 is 29.3 Å². The van der Waals surface area contributed by atoms with Crippen molar-refractivity contribution in [1.82, 2.24) is 4.90 Å². The molecule has 0 radical (unpaired) electrons. The van der Waals surface area contributed by atoms with Crippen LogP contribution in [0.4, 0.5) is 4.39 Å². The van der Waals surface area contributed by atoms with Gasteiger partial charge in [-0.1, -0.05) is 30.3 Å². The number of phenolic OH excluding ortho intramolecular Hbond substituents is 1. The van der Waals surface area contributed by atoms with Crippen LogP contribution in [0.2, 0.25) is 0 Å². The van der Waals surface area contributed by atoms with Crippen molar-refractivity contribution in [2.75, 3.05) is 0 Å². The molecule has 7 heteroatoms. The van der Waals surface area contributed by atoms with Gasteiger partial charge in [0.2, 0.25) is 5.78 Å². The van der Waals surface area contributed by atoms with E-state index in [9.17, 15) is 24.2 Å². The molecular weight excluding hydrogens is 393 g/mol. The van der Waals surface area contributed by atoms with Gasteiger partial charge in [0.05, 0.1) is 16.5 Å². The summed E-state index contributed by atoms with van der Waals surface area (Å²) in [6.45, 7) is 0.0793. The smallest absolute Gasteiger partial charge is 0.290 e. The van der Waals surface area contributed by atoms with Gasteiger partial charge in [-0.25, -0.2) is 4.39 Å². The maximum atomic E-state index is 13.2. The van der Waals surface area contributed by atoms with E-state index in [-0.39, 0.29) is 17.9 Å². The number of halogens is 1. The van der Waals surface area contributed by atoms with Gasteiger partial charge >= 0.3 is 0 Å². The van der Waals surface area contributed by atoms with Crippen molar-refractivity contribution >= 4 is 23.0 Å². The lowest BCUT2D eigenvalue weighted by atomic mass is 9.95. The summed E-state index contributed by atoms with van der Waals surface area (Å²) in [5, 5.41) is 21.9. The molecule has 0 spiro atoms. The number of hydrogen-bond acceptors (Lipinski definition) is 5. The lowest BCUT2D eigenvalue weighted by Crippen LogP contribution is -2.30. The SMILES string of the molecule is O=C(C1=C(O)C(=O)N(Cc2ccc(F)cc2)C1c1ccc(O)cc1)c1cccs1. The Labute approximate surface area is 170 Å². The standard InChI is InChI=1S/C22H16FNO4S/c23-15-7-3-13(4-8-15)12-24-19(14-5-9-16(25)10-6-14)18(21(27)22(24)28)20(26)17-2-1-11-29-17/h1-11,19,25,27H,12H2. The molecule has 3 aromatic rings. The topological polar surface area (TPSA) is 77.8 Å². The van der Waals surface area contributed by atoms with Gasteiger partial charge in [0.15, 0.2) is 5.76 Å². The molecule has 1 unspecified atom stereocenters. The minimum absolute atomic E-state index is 0.00903. The molecule has 2 heterocycles. The maximum Gasteiger partial charge on any atom is 0.290 e. The highest BCUT2D eigenvalue weighted by atomic mass is 32.1. The van der Waals surface area contributed by atoms with Gasteiger partial charge in [-0.15, -0.1) is 11.3 Å². The van der Waals surface area contributed by atoms with Crippen LogP contribution < -0.4 is 0 Å². The van der Waals surface area contributed by atoms with Gasteiger partial charge in [-0.3, -0.25) is 9.59 Å². The fourth-order valence-corrected chi connectivity index (χ4v) is 4.06. The van der Waals surface area contributed by atoms with E-state index in [1.165, 1.54) is 40.5 Å². The van der Waals surface area contributed by atoms with Crippen molar-refractivity contribution in [1.29, 1.82) is 0 Å². The zero-order valence-corrected chi connectivity index (χ0v) is 15.9. The fourth-order valence-electron chi connectivity index (χ4n) is 3.38. The number of benzene rings is 2. The van der Waals surface area contributed by atoms with Gasteiger partial charge in [0.1, 0.15) is 11.6 Å². The number of thiophene rings is 1. The number of rotatable bonds is 5. The number of aliphatic hydroxyl groups excluding tert-OH is 1. The summed E-state index contributed by atoms with van der Waals surface area (Å²) >= 11 is 1.22. The number of amides is 1. The van der Waals surface area contributed by atoms with Crippen LogP contribution in [0.15, 0.2) is 77.4 Å². The second kappa shape index (κ2) is 7.52. The molecule has 2 aromatic carbocycles. The van der Waals surface area contributed by atoms with Crippen molar-refractivity contribution in [3.63, 3.8) is 0 Å². The van der Waals surface area contributed by atoms with Crippen LogP contribution in [0.5, 0.6) is 5.75 Å². The lowest BCUT2D eigenvalue weighted by Gasteiger charge is -2.27. The van der Waals surface area contributed by atoms with Crippen molar-refractivity contribution in [3.8, 4) is 5.75 Å². The van der Waals surface area contributed by atoms with E-state index in [2.05, 4.69) is 0 Å². The van der Waals surface area contributed by atoms with Crippen LogP contribution in [-0.2, 0) is 11.3 Å². The molecule has 4 rings (SSSR count). The van der Waals surface area contributed by atoms with Crippen LogP contribution in [0.25, 0.3) is 0 Å². The molecule has 1 atom stereocenters. The van der Waals surface area contributed by atoms with Crippen LogP contribution in [0, 0.1) is 5.82 Å². The van der Waals surface area contributed by atoms with Crippen molar-refractivity contribution in [3.05, 3.63) is 99.2 Å². The molecule has 0 bridgehead atoms. The number of Topliss-reactive ketones (excluding diaryl/α,β-unsaturated/α-hetero) is 1. The van der Waals surface area contributed by atoms with E-state index in [0.29, 0.717) is 16.0 Å². The summed E-state index contributed by atoms with van der Waals surface area (Å²) in [7, 11) is 0. The summed E-state index contributed by atoms with van der Waals surface area (Å²) in [4.78, 5) is 27.7. The van der Waals surface area contributed by atoms with Gasteiger partial charge in [-0.2, -0.15) is 0 Å². The summed E-state index contributed by atoms with van der Waals surface area (Å²) < 4.78 is 13.2. The Morgan fingerprint density at radius 2 is 1.72 bits per heavy atom. The molecular formula is C22H16FNO4S. The normalized spacial score (nSPS) is 16.5. The highest BCUT2D eigenvalue weighted by Crippen LogP contribution is 2.40. The first-order valence-electron chi connectivity index (χ1n) is 8.81. The predicted octanol–water partition coefficient (Wildman–Crippen LogP) is 4.37. The van der Waals surface area contributed by atoms with E-state index >= 15 is 0 Å². The first-order chi connectivity index (χ1) is 14.0. The number of aliphatic hydroxyl groups is 1. The third kappa shape index (κ3) is 3.52. The van der Waals surface area contributed by atoms with Gasteiger partial charge in [0, 0.05) is 6.54 Å². The molecule has 29 heavy (non-hydrogen) atoms. The predicted molar refractivity (Wildman–Crippen MR) is 106 cm³/mol. The highest BCUT2D eigenvalue weighted by Gasteiger charge is 2.43. The third-order valence-electron chi connectivity index (χ3n) is 4.77. The molecule has 1 aliphatic rings. The van der Waals surface area contributed by atoms with E-state index in [0.717, 1.165) is 0 Å². The first-order valence-corrected chi connectivity index (χ1v) is 9.69. The van der Waals surface area contributed by atoms with E-state index in [4.69, 9.17) is 0 Å². The Hall–Kier alpha value is -3.45. The second-order valence-electron chi connectivity index (χ2n) is 6.62. The number of ketones is 1. The third-order valence-corrected chi connectivity index (χ3v) is 5.64. The molecule has 0 aliphatic carbocycles. The van der Waals surface area contributed by atoms with Gasteiger partial charge < -0.3 is 15.1 Å². The zero-order chi connectivity index (χ0) is 20.5. The Balaban J connectivity index is 1.78. The molecule has 5 nitrogen and oxygen atoms in total. The number of hydrogen-bond donors (Lipinski definition) is 2. The Kier molecular flexibility index (Phi) is 4.90. The number of phenols is 1. The van der Waals surface area contributed by atoms with Crippen LogP contribution in [0.1, 0.15) is 26.8 Å². The van der Waals surface area contributed by atoms with Crippen molar-refractivity contribution in [2.45, 2.75) is 12.6 Å². The molecule has 1 amide bonds. The highest BCUT2D eigenvalue weighted by molar-refractivity contribution is 7.12. The summed E-state index contributed by atoms with van der Waals surface area (Å²) in [6.07, 6.45) is 0. The van der Waals surface area contributed by atoms with E-state index in [1.807, 2.05) is 0 Å². The summed E-state index contributed by atoms with van der Waals surface area (Å²) in [6, 6.07) is 14.3. The fraction of sp³-hybridized carbons (Fsp3) is 0.0909. The number of carbonyl (C=O) groups is 2. The molecule has 2 N–H and O–H groups in total. The minimum Gasteiger partial charge on any atom is -0.508 e. The molecule has 0 fully saturated rings.